The Kier molecular flexibility index (Phi) is 5.92. The second kappa shape index (κ2) is 7.93. The number of carbonyl (C=O) groups is 1. The van der Waals surface area contributed by atoms with E-state index in [9.17, 15) is 4.79 Å². The highest BCUT2D eigenvalue weighted by Gasteiger charge is 2.20. The molecule has 0 radical (unpaired) electrons. The van der Waals surface area contributed by atoms with Crippen molar-refractivity contribution in [2.75, 3.05) is 44.3 Å². The van der Waals surface area contributed by atoms with Crippen LogP contribution in [0.3, 0.4) is 0 Å². The Bertz CT molecular complexity index is 437. The van der Waals surface area contributed by atoms with E-state index in [1.807, 2.05) is 0 Å². The predicted molar refractivity (Wildman–Crippen MR) is 81.5 cm³/mol. The summed E-state index contributed by atoms with van der Waals surface area (Å²) < 4.78 is 5.25. The summed E-state index contributed by atoms with van der Waals surface area (Å²) in [6.07, 6.45) is 5.43. The summed E-state index contributed by atoms with van der Waals surface area (Å²) in [4.78, 5) is 25.0. The third kappa shape index (κ3) is 4.14. The van der Waals surface area contributed by atoms with Crippen LogP contribution in [0.5, 0.6) is 0 Å². The van der Waals surface area contributed by atoms with Crippen molar-refractivity contribution in [3.8, 4) is 0 Å². The fourth-order valence-electron chi connectivity index (χ4n) is 2.40. The standard InChI is InChI=1S/C15H24N4O2/c1-3-5-18(6-4-2)14-12-16-13(11-17-14)15(20)19-7-9-21-10-8-19/h11-12H,3-10H2,1-2H3. The summed E-state index contributed by atoms with van der Waals surface area (Å²) in [5.74, 6) is 0.784. The van der Waals surface area contributed by atoms with Gasteiger partial charge in [0.2, 0.25) is 0 Å². The molecule has 0 saturated carbocycles. The number of anilines is 1. The number of hydrogen-bond acceptors (Lipinski definition) is 5. The van der Waals surface area contributed by atoms with Gasteiger partial charge in [0.1, 0.15) is 11.5 Å². The second-order valence-corrected chi connectivity index (χ2v) is 5.15. The number of nitrogens with zero attached hydrogens (tertiary/aromatic N) is 4. The number of carbonyl (C=O) groups excluding carboxylic acids is 1. The van der Waals surface area contributed by atoms with Crippen LogP contribution in [0.15, 0.2) is 12.4 Å². The van der Waals surface area contributed by atoms with Crippen molar-refractivity contribution in [2.45, 2.75) is 26.7 Å². The predicted octanol–water partition coefficient (Wildman–Crippen LogP) is 1.58. The van der Waals surface area contributed by atoms with E-state index >= 15 is 0 Å². The zero-order valence-electron chi connectivity index (χ0n) is 12.9. The van der Waals surface area contributed by atoms with Crippen LogP contribution in [-0.4, -0.2) is 60.2 Å². The minimum absolute atomic E-state index is 0.0603. The Morgan fingerprint density at radius 1 is 1.19 bits per heavy atom. The van der Waals surface area contributed by atoms with Gasteiger partial charge in [-0.2, -0.15) is 0 Å². The van der Waals surface area contributed by atoms with E-state index in [1.165, 1.54) is 0 Å². The molecule has 6 heteroatoms. The van der Waals surface area contributed by atoms with E-state index < -0.39 is 0 Å². The lowest BCUT2D eigenvalue weighted by atomic mass is 10.3. The Morgan fingerprint density at radius 3 is 2.38 bits per heavy atom. The molecule has 0 unspecified atom stereocenters. The molecule has 1 saturated heterocycles. The monoisotopic (exact) mass is 292 g/mol. The van der Waals surface area contributed by atoms with Crippen LogP contribution in [0.1, 0.15) is 37.2 Å². The zero-order valence-corrected chi connectivity index (χ0v) is 12.9. The maximum absolute atomic E-state index is 12.3. The highest BCUT2D eigenvalue weighted by molar-refractivity contribution is 5.92. The van der Waals surface area contributed by atoms with Crippen LogP contribution in [-0.2, 0) is 4.74 Å². The average Bonchev–Trinajstić information content (AvgIpc) is 2.55. The van der Waals surface area contributed by atoms with Gasteiger partial charge in [-0.05, 0) is 12.8 Å². The SMILES string of the molecule is CCCN(CCC)c1cnc(C(=O)N2CCOCC2)cn1. The van der Waals surface area contributed by atoms with E-state index in [2.05, 4.69) is 28.7 Å². The first-order valence-electron chi connectivity index (χ1n) is 7.70. The van der Waals surface area contributed by atoms with Crippen LogP contribution in [0, 0.1) is 0 Å². The van der Waals surface area contributed by atoms with E-state index in [-0.39, 0.29) is 5.91 Å². The number of amides is 1. The topological polar surface area (TPSA) is 58.6 Å². The summed E-state index contributed by atoms with van der Waals surface area (Å²) in [6.45, 7) is 8.65. The third-order valence-electron chi connectivity index (χ3n) is 3.47. The Balaban J connectivity index is 2.04. The Morgan fingerprint density at radius 2 is 1.86 bits per heavy atom. The normalized spacial score (nSPS) is 15.0. The fraction of sp³-hybridized carbons (Fsp3) is 0.667. The summed E-state index contributed by atoms with van der Waals surface area (Å²) in [7, 11) is 0. The zero-order chi connectivity index (χ0) is 15.1. The lowest BCUT2D eigenvalue weighted by molar-refractivity contribution is 0.0298. The van der Waals surface area contributed by atoms with Crippen molar-refractivity contribution in [2.24, 2.45) is 0 Å². The third-order valence-corrected chi connectivity index (χ3v) is 3.47. The van der Waals surface area contributed by atoms with Crippen molar-refractivity contribution in [3.63, 3.8) is 0 Å². The number of morpholine rings is 1. The lowest BCUT2D eigenvalue weighted by Gasteiger charge is -2.26. The molecule has 2 heterocycles. The van der Waals surface area contributed by atoms with Crippen molar-refractivity contribution in [1.29, 1.82) is 0 Å². The van der Waals surface area contributed by atoms with Crippen molar-refractivity contribution in [3.05, 3.63) is 18.1 Å². The van der Waals surface area contributed by atoms with Crippen LogP contribution in [0.4, 0.5) is 5.82 Å². The van der Waals surface area contributed by atoms with Crippen LogP contribution in [0.25, 0.3) is 0 Å². The summed E-state index contributed by atoms with van der Waals surface area (Å²) >= 11 is 0. The second-order valence-electron chi connectivity index (χ2n) is 5.15. The molecule has 1 aliphatic heterocycles. The first-order chi connectivity index (χ1) is 10.3. The summed E-state index contributed by atoms with van der Waals surface area (Å²) in [5, 5.41) is 0. The van der Waals surface area contributed by atoms with Gasteiger partial charge in [-0.3, -0.25) is 4.79 Å². The van der Waals surface area contributed by atoms with Crippen LogP contribution < -0.4 is 4.90 Å². The van der Waals surface area contributed by atoms with Gasteiger partial charge in [-0.1, -0.05) is 13.8 Å². The molecule has 0 spiro atoms. The van der Waals surface area contributed by atoms with Crippen molar-refractivity contribution >= 4 is 11.7 Å². The Hall–Kier alpha value is -1.69. The molecule has 2 rings (SSSR count). The first-order valence-corrected chi connectivity index (χ1v) is 7.70. The molecular formula is C15H24N4O2. The molecule has 1 aromatic heterocycles. The van der Waals surface area contributed by atoms with Crippen LogP contribution in [0.2, 0.25) is 0 Å². The number of aromatic nitrogens is 2. The smallest absolute Gasteiger partial charge is 0.274 e. The molecule has 0 aromatic carbocycles. The van der Waals surface area contributed by atoms with Gasteiger partial charge in [0.15, 0.2) is 0 Å². The summed E-state index contributed by atoms with van der Waals surface area (Å²) in [6, 6.07) is 0. The van der Waals surface area contributed by atoms with Gasteiger partial charge < -0.3 is 14.5 Å². The molecule has 0 bridgehead atoms. The van der Waals surface area contributed by atoms with Gasteiger partial charge in [0.05, 0.1) is 25.6 Å². The lowest BCUT2D eigenvalue weighted by Crippen LogP contribution is -2.41. The molecular weight excluding hydrogens is 268 g/mol. The van der Waals surface area contributed by atoms with Gasteiger partial charge in [-0.15, -0.1) is 0 Å². The first kappa shape index (κ1) is 15.7. The minimum Gasteiger partial charge on any atom is -0.378 e. The molecule has 1 fully saturated rings. The van der Waals surface area contributed by atoms with Crippen molar-refractivity contribution < 1.29 is 9.53 Å². The summed E-state index contributed by atoms with van der Waals surface area (Å²) in [5.41, 5.74) is 0.411. The molecule has 0 aliphatic carbocycles. The van der Waals surface area contributed by atoms with Crippen LogP contribution >= 0.6 is 0 Å². The molecule has 1 aromatic rings. The van der Waals surface area contributed by atoms with Gasteiger partial charge in [0, 0.05) is 26.2 Å². The van der Waals surface area contributed by atoms with Crippen molar-refractivity contribution in [1.82, 2.24) is 14.9 Å². The minimum atomic E-state index is -0.0603. The molecule has 6 nitrogen and oxygen atoms in total. The Labute approximate surface area is 126 Å². The maximum atomic E-state index is 12.3. The number of ether oxygens (including phenoxy) is 1. The van der Waals surface area contributed by atoms with E-state index in [4.69, 9.17) is 4.74 Å². The quantitative estimate of drug-likeness (QED) is 0.796. The van der Waals surface area contributed by atoms with Gasteiger partial charge in [-0.25, -0.2) is 9.97 Å². The molecule has 1 aliphatic rings. The van der Waals surface area contributed by atoms with E-state index in [0.29, 0.717) is 32.0 Å². The van der Waals surface area contributed by atoms with E-state index in [0.717, 1.165) is 31.7 Å². The fourth-order valence-corrected chi connectivity index (χ4v) is 2.40. The highest BCUT2D eigenvalue weighted by atomic mass is 16.5. The van der Waals surface area contributed by atoms with E-state index in [1.54, 1.807) is 17.3 Å². The molecule has 0 atom stereocenters. The molecule has 0 N–H and O–H groups in total. The highest BCUT2D eigenvalue weighted by Crippen LogP contribution is 2.12. The molecule has 21 heavy (non-hydrogen) atoms. The number of rotatable bonds is 6. The molecule has 116 valence electrons. The maximum Gasteiger partial charge on any atom is 0.274 e. The van der Waals surface area contributed by atoms with Gasteiger partial charge in [0.25, 0.3) is 5.91 Å². The molecule has 1 amide bonds. The number of hydrogen-bond donors (Lipinski definition) is 0. The largest absolute Gasteiger partial charge is 0.378 e. The van der Waals surface area contributed by atoms with Gasteiger partial charge >= 0.3 is 0 Å². The average molecular weight is 292 g/mol.